The van der Waals surface area contributed by atoms with E-state index in [1.807, 2.05) is 0 Å². The maximum absolute atomic E-state index is 8.13. The quantitative estimate of drug-likeness (QED) is 0.440. The fourth-order valence-corrected chi connectivity index (χ4v) is 0.0430. The normalized spacial score (nSPS) is 14.5. The van der Waals surface area contributed by atoms with Crippen LogP contribution in [0.1, 0.15) is 6.92 Å². The van der Waals surface area contributed by atoms with E-state index in [9.17, 15) is 0 Å². The van der Waals surface area contributed by atoms with Gasteiger partial charge in [-0.3, -0.25) is 4.84 Å². The van der Waals surface area contributed by atoms with Crippen molar-refractivity contribution in [1.82, 2.24) is 0 Å². The molecule has 0 radical (unpaired) electrons. The molecule has 0 unspecified atom stereocenters. The summed E-state index contributed by atoms with van der Waals surface area (Å²) >= 11 is 0. The minimum Gasteiger partial charge on any atom is -0.394 e. The molecule has 3 heteroatoms. The summed E-state index contributed by atoms with van der Waals surface area (Å²) in [5, 5.41) is 8.13. The molecular formula is C3H9NO2. The highest BCUT2D eigenvalue weighted by molar-refractivity contribution is 4.37. The average molecular weight is 91.1 g/mol. The SMILES string of the molecule is C[C@@H](CO)ON. The maximum atomic E-state index is 8.13. The van der Waals surface area contributed by atoms with Crippen LogP contribution in [0.3, 0.4) is 0 Å². The molecule has 0 amide bonds. The van der Waals surface area contributed by atoms with E-state index >= 15 is 0 Å². The predicted octanol–water partition coefficient (Wildman–Crippen LogP) is -0.743. The summed E-state index contributed by atoms with van der Waals surface area (Å²) in [7, 11) is 0. The largest absolute Gasteiger partial charge is 0.394 e. The lowest BCUT2D eigenvalue weighted by Crippen LogP contribution is -2.16. The fourth-order valence-electron chi connectivity index (χ4n) is 0.0430. The van der Waals surface area contributed by atoms with Gasteiger partial charge in [0.2, 0.25) is 0 Å². The Hall–Kier alpha value is -0.120. The van der Waals surface area contributed by atoms with Gasteiger partial charge in [0.25, 0.3) is 0 Å². The first-order valence-corrected chi connectivity index (χ1v) is 1.77. The van der Waals surface area contributed by atoms with Gasteiger partial charge in [0.15, 0.2) is 0 Å². The van der Waals surface area contributed by atoms with E-state index in [1.54, 1.807) is 6.92 Å². The second-order valence-electron chi connectivity index (χ2n) is 1.13. The van der Waals surface area contributed by atoms with Crippen LogP contribution in [0.25, 0.3) is 0 Å². The van der Waals surface area contributed by atoms with Gasteiger partial charge >= 0.3 is 0 Å². The standard InChI is InChI=1S/C3H9NO2/c1-3(2-5)6-4/h3,5H,2,4H2,1H3/t3-/m0/s1. The molecule has 0 heterocycles. The first kappa shape index (κ1) is 5.88. The number of rotatable bonds is 2. The van der Waals surface area contributed by atoms with Crippen LogP contribution < -0.4 is 5.90 Å². The highest BCUT2D eigenvalue weighted by Gasteiger charge is 1.91. The number of aliphatic hydroxyl groups excluding tert-OH is 1. The van der Waals surface area contributed by atoms with Crippen LogP contribution in [0.5, 0.6) is 0 Å². The first-order chi connectivity index (χ1) is 2.81. The molecule has 0 spiro atoms. The van der Waals surface area contributed by atoms with Crippen LogP contribution in [0.15, 0.2) is 0 Å². The molecule has 0 fully saturated rings. The molecular weight excluding hydrogens is 82.0 g/mol. The van der Waals surface area contributed by atoms with Crippen LogP contribution in [0.4, 0.5) is 0 Å². The van der Waals surface area contributed by atoms with Crippen LogP contribution in [0.2, 0.25) is 0 Å². The molecule has 0 aromatic heterocycles. The van der Waals surface area contributed by atoms with E-state index in [4.69, 9.17) is 5.11 Å². The summed E-state index contributed by atoms with van der Waals surface area (Å²) in [5.74, 6) is 4.62. The van der Waals surface area contributed by atoms with Crippen molar-refractivity contribution in [2.75, 3.05) is 6.61 Å². The van der Waals surface area contributed by atoms with Gasteiger partial charge in [-0.1, -0.05) is 0 Å². The van der Waals surface area contributed by atoms with Gasteiger partial charge in [-0.2, -0.15) is 0 Å². The van der Waals surface area contributed by atoms with E-state index in [0.29, 0.717) is 0 Å². The Morgan fingerprint density at radius 1 is 2.00 bits per heavy atom. The van der Waals surface area contributed by atoms with Crippen molar-refractivity contribution >= 4 is 0 Å². The minimum absolute atomic E-state index is 0.0174. The number of aliphatic hydroxyl groups is 1. The van der Waals surface area contributed by atoms with Gasteiger partial charge < -0.3 is 5.11 Å². The number of nitrogens with two attached hydrogens (primary N) is 1. The lowest BCUT2D eigenvalue weighted by molar-refractivity contribution is 0.0245. The van der Waals surface area contributed by atoms with Crippen LogP contribution in [-0.4, -0.2) is 17.8 Å². The second-order valence-corrected chi connectivity index (χ2v) is 1.13. The molecule has 0 bridgehead atoms. The topological polar surface area (TPSA) is 55.5 Å². The molecule has 38 valence electrons. The minimum atomic E-state index is -0.231. The van der Waals surface area contributed by atoms with E-state index in [1.165, 1.54) is 0 Å². The second kappa shape index (κ2) is 3.08. The van der Waals surface area contributed by atoms with E-state index in [0.717, 1.165) is 0 Å². The molecule has 3 N–H and O–H groups in total. The predicted molar refractivity (Wildman–Crippen MR) is 21.8 cm³/mol. The summed E-state index contributed by atoms with van der Waals surface area (Å²) in [6, 6.07) is 0. The van der Waals surface area contributed by atoms with Gasteiger partial charge in [-0.05, 0) is 6.92 Å². The smallest absolute Gasteiger partial charge is 0.0989 e. The Morgan fingerprint density at radius 3 is 2.50 bits per heavy atom. The highest BCUT2D eigenvalue weighted by Crippen LogP contribution is 1.77. The third-order valence-electron chi connectivity index (χ3n) is 0.489. The van der Waals surface area contributed by atoms with Gasteiger partial charge in [-0.15, -0.1) is 0 Å². The van der Waals surface area contributed by atoms with Crippen molar-refractivity contribution in [2.45, 2.75) is 13.0 Å². The summed E-state index contributed by atoms with van der Waals surface area (Å²) < 4.78 is 0. The molecule has 0 aliphatic carbocycles. The van der Waals surface area contributed by atoms with E-state index in [2.05, 4.69) is 10.7 Å². The van der Waals surface area contributed by atoms with Crippen molar-refractivity contribution in [1.29, 1.82) is 0 Å². The number of hydrogen-bond acceptors (Lipinski definition) is 3. The van der Waals surface area contributed by atoms with Crippen LogP contribution in [-0.2, 0) is 4.84 Å². The summed E-state index contributed by atoms with van der Waals surface area (Å²) in [4.78, 5) is 4.15. The van der Waals surface area contributed by atoms with Crippen molar-refractivity contribution in [2.24, 2.45) is 5.90 Å². The molecule has 0 rings (SSSR count). The highest BCUT2D eigenvalue weighted by atomic mass is 16.6. The lowest BCUT2D eigenvalue weighted by Gasteiger charge is -1.99. The third-order valence-corrected chi connectivity index (χ3v) is 0.489. The zero-order valence-corrected chi connectivity index (χ0v) is 3.72. The zero-order valence-electron chi connectivity index (χ0n) is 3.72. The van der Waals surface area contributed by atoms with Crippen molar-refractivity contribution in [3.63, 3.8) is 0 Å². The third kappa shape index (κ3) is 2.14. The molecule has 6 heavy (non-hydrogen) atoms. The summed E-state index contributed by atoms with van der Waals surface area (Å²) in [6.45, 7) is 1.66. The molecule has 0 aromatic carbocycles. The van der Waals surface area contributed by atoms with Crippen LogP contribution >= 0.6 is 0 Å². The maximum Gasteiger partial charge on any atom is 0.0989 e. The van der Waals surface area contributed by atoms with Gasteiger partial charge in [-0.25, -0.2) is 5.90 Å². The van der Waals surface area contributed by atoms with Gasteiger partial charge in [0, 0.05) is 0 Å². The molecule has 3 nitrogen and oxygen atoms in total. The summed E-state index contributed by atoms with van der Waals surface area (Å²) in [6.07, 6.45) is -0.231. The van der Waals surface area contributed by atoms with Crippen molar-refractivity contribution in [3.8, 4) is 0 Å². The Kier molecular flexibility index (Phi) is 3.02. The van der Waals surface area contributed by atoms with Gasteiger partial charge in [0.1, 0.15) is 0 Å². The molecule has 0 aliphatic heterocycles. The molecule has 0 aliphatic rings. The van der Waals surface area contributed by atoms with E-state index in [-0.39, 0.29) is 12.7 Å². The Labute approximate surface area is 36.7 Å². The molecule has 1 atom stereocenters. The van der Waals surface area contributed by atoms with Crippen LogP contribution in [0, 0.1) is 0 Å². The lowest BCUT2D eigenvalue weighted by atomic mass is 10.5. The molecule has 0 saturated heterocycles. The Bertz CT molecular complexity index is 28.0. The fraction of sp³-hybridized carbons (Fsp3) is 1.00. The molecule has 0 aromatic rings. The van der Waals surface area contributed by atoms with Crippen molar-refractivity contribution in [3.05, 3.63) is 0 Å². The average Bonchev–Trinajstić information content (AvgIpc) is 1.65. The Balaban J connectivity index is 2.75. The first-order valence-electron chi connectivity index (χ1n) is 1.77. The summed E-state index contributed by atoms with van der Waals surface area (Å²) in [5.41, 5.74) is 0. The van der Waals surface area contributed by atoms with Crippen molar-refractivity contribution < 1.29 is 9.94 Å². The monoisotopic (exact) mass is 91.1 g/mol. The Morgan fingerprint density at radius 2 is 2.50 bits per heavy atom. The number of hydrogen-bond donors (Lipinski definition) is 2. The van der Waals surface area contributed by atoms with Gasteiger partial charge in [0.05, 0.1) is 12.7 Å². The van der Waals surface area contributed by atoms with E-state index < -0.39 is 0 Å². The zero-order chi connectivity index (χ0) is 4.99. The molecule has 0 saturated carbocycles.